The van der Waals surface area contributed by atoms with Crippen molar-refractivity contribution in [3.8, 4) is 0 Å². The van der Waals surface area contributed by atoms with E-state index in [0.29, 0.717) is 6.04 Å². The number of hydrogen-bond acceptors (Lipinski definition) is 1. The first kappa shape index (κ1) is 6.33. The highest BCUT2D eigenvalue weighted by atomic mass is 16.2. The van der Waals surface area contributed by atoms with Crippen LogP contribution in [0.25, 0.3) is 0 Å². The lowest BCUT2D eigenvalue weighted by Crippen LogP contribution is -2.35. The summed E-state index contributed by atoms with van der Waals surface area (Å²) in [5, 5.41) is 0. The molecule has 0 aromatic carbocycles. The van der Waals surface area contributed by atoms with E-state index in [0.717, 1.165) is 6.42 Å². The van der Waals surface area contributed by atoms with Crippen molar-refractivity contribution < 1.29 is 4.79 Å². The molecule has 0 radical (unpaired) electrons. The molecule has 1 rings (SSSR count). The van der Waals surface area contributed by atoms with Gasteiger partial charge in [-0.15, -0.1) is 0 Å². The lowest BCUT2D eigenvalue weighted by molar-refractivity contribution is -0.127. The fraction of sp³-hybridized carbons (Fsp3) is 0.571. The molecule has 0 bridgehead atoms. The van der Waals surface area contributed by atoms with E-state index in [9.17, 15) is 4.79 Å². The summed E-state index contributed by atoms with van der Waals surface area (Å²) >= 11 is 0. The first-order chi connectivity index (χ1) is 4.22. The number of carbonyl (C=O) groups is 1. The summed E-state index contributed by atoms with van der Waals surface area (Å²) in [7, 11) is 1.83. The molecule has 0 N–H and O–H groups in total. The maximum Gasteiger partial charge on any atom is 0.246 e. The van der Waals surface area contributed by atoms with E-state index >= 15 is 0 Å². The summed E-state index contributed by atoms with van der Waals surface area (Å²) in [4.78, 5) is 12.6. The largest absolute Gasteiger partial charge is 0.339 e. The van der Waals surface area contributed by atoms with Crippen LogP contribution >= 0.6 is 0 Å². The van der Waals surface area contributed by atoms with E-state index in [2.05, 4.69) is 0 Å². The van der Waals surface area contributed by atoms with E-state index in [-0.39, 0.29) is 5.91 Å². The van der Waals surface area contributed by atoms with Gasteiger partial charge in [0.1, 0.15) is 0 Å². The van der Waals surface area contributed by atoms with Crippen LogP contribution in [0.5, 0.6) is 0 Å². The van der Waals surface area contributed by atoms with Gasteiger partial charge >= 0.3 is 0 Å². The van der Waals surface area contributed by atoms with Gasteiger partial charge in [0.25, 0.3) is 0 Å². The zero-order valence-corrected chi connectivity index (χ0v) is 5.79. The van der Waals surface area contributed by atoms with Gasteiger partial charge in [-0.25, -0.2) is 0 Å². The molecule has 0 saturated heterocycles. The topological polar surface area (TPSA) is 20.3 Å². The second-order valence-corrected chi connectivity index (χ2v) is 2.44. The Hall–Kier alpha value is -0.790. The fourth-order valence-corrected chi connectivity index (χ4v) is 0.859. The van der Waals surface area contributed by atoms with Crippen LogP contribution < -0.4 is 0 Å². The van der Waals surface area contributed by atoms with Crippen LogP contribution in [-0.4, -0.2) is 23.9 Å². The van der Waals surface area contributed by atoms with Gasteiger partial charge in [-0.1, -0.05) is 6.08 Å². The SMILES string of the molecule is CC1CC=CC(=O)N1C. The minimum atomic E-state index is 0.119. The molecule has 50 valence electrons. The molecule has 1 atom stereocenters. The number of hydrogen-bond donors (Lipinski definition) is 0. The van der Waals surface area contributed by atoms with Gasteiger partial charge in [-0.3, -0.25) is 4.79 Å². The summed E-state index contributed by atoms with van der Waals surface area (Å²) < 4.78 is 0. The molecule has 1 amide bonds. The maximum absolute atomic E-state index is 10.8. The predicted octanol–water partition coefficient (Wildman–Crippen LogP) is 0.793. The highest BCUT2D eigenvalue weighted by molar-refractivity contribution is 5.88. The van der Waals surface area contributed by atoms with Crippen molar-refractivity contribution in [1.29, 1.82) is 0 Å². The van der Waals surface area contributed by atoms with Crippen molar-refractivity contribution >= 4 is 5.91 Å². The number of amides is 1. The minimum absolute atomic E-state index is 0.119. The zero-order valence-electron chi connectivity index (χ0n) is 5.79. The third-order valence-corrected chi connectivity index (χ3v) is 1.75. The predicted molar refractivity (Wildman–Crippen MR) is 36.0 cm³/mol. The zero-order chi connectivity index (χ0) is 6.85. The monoisotopic (exact) mass is 125 g/mol. The Balaban J connectivity index is 2.69. The molecule has 0 spiro atoms. The summed E-state index contributed by atoms with van der Waals surface area (Å²) in [5.74, 6) is 0.119. The normalized spacial score (nSPS) is 27.1. The average molecular weight is 125 g/mol. The molecule has 1 unspecified atom stereocenters. The lowest BCUT2D eigenvalue weighted by atomic mass is 10.1. The number of carbonyl (C=O) groups excluding carboxylic acids is 1. The molecule has 0 fully saturated rings. The second kappa shape index (κ2) is 2.21. The van der Waals surface area contributed by atoms with Crippen LogP contribution in [0.3, 0.4) is 0 Å². The molecule has 2 nitrogen and oxygen atoms in total. The highest BCUT2D eigenvalue weighted by Crippen LogP contribution is 2.07. The van der Waals surface area contributed by atoms with Crippen molar-refractivity contribution in [3.05, 3.63) is 12.2 Å². The Kier molecular flexibility index (Phi) is 1.56. The number of nitrogens with zero attached hydrogens (tertiary/aromatic N) is 1. The summed E-state index contributed by atoms with van der Waals surface area (Å²) in [5.41, 5.74) is 0. The second-order valence-electron chi connectivity index (χ2n) is 2.44. The van der Waals surface area contributed by atoms with Crippen molar-refractivity contribution in [3.63, 3.8) is 0 Å². The molecule has 1 aliphatic rings. The molecular formula is C7H11NO. The highest BCUT2D eigenvalue weighted by Gasteiger charge is 2.15. The molecule has 2 heteroatoms. The van der Waals surface area contributed by atoms with Gasteiger partial charge in [-0.05, 0) is 19.4 Å². The fourth-order valence-electron chi connectivity index (χ4n) is 0.859. The standard InChI is InChI=1S/C7H11NO/c1-6-4-3-5-7(9)8(6)2/h3,5-6H,4H2,1-2H3. The Bertz CT molecular complexity index is 151. The molecule has 0 saturated carbocycles. The summed E-state index contributed by atoms with van der Waals surface area (Å²) in [6.07, 6.45) is 4.54. The van der Waals surface area contributed by atoms with Crippen LogP contribution in [0.1, 0.15) is 13.3 Å². The van der Waals surface area contributed by atoms with Crippen molar-refractivity contribution in [2.75, 3.05) is 7.05 Å². The van der Waals surface area contributed by atoms with Gasteiger partial charge in [0.05, 0.1) is 0 Å². The van der Waals surface area contributed by atoms with Crippen LogP contribution in [0, 0.1) is 0 Å². The Morgan fingerprint density at radius 1 is 1.78 bits per heavy atom. The molecule has 1 aliphatic heterocycles. The third-order valence-electron chi connectivity index (χ3n) is 1.75. The molecule has 0 aromatic heterocycles. The van der Waals surface area contributed by atoms with E-state index in [1.807, 2.05) is 20.0 Å². The van der Waals surface area contributed by atoms with E-state index in [4.69, 9.17) is 0 Å². The van der Waals surface area contributed by atoms with Crippen molar-refractivity contribution in [2.24, 2.45) is 0 Å². The van der Waals surface area contributed by atoms with Gasteiger partial charge < -0.3 is 4.90 Å². The van der Waals surface area contributed by atoms with Gasteiger partial charge in [0.15, 0.2) is 0 Å². The summed E-state index contributed by atoms with van der Waals surface area (Å²) in [6, 6.07) is 0.377. The first-order valence-corrected chi connectivity index (χ1v) is 3.15. The van der Waals surface area contributed by atoms with Crippen LogP contribution in [0.4, 0.5) is 0 Å². The molecule has 9 heavy (non-hydrogen) atoms. The molecule has 0 aliphatic carbocycles. The van der Waals surface area contributed by atoms with Crippen molar-refractivity contribution in [2.45, 2.75) is 19.4 Å². The average Bonchev–Trinajstić information content (AvgIpc) is 1.83. The lowest BCUT2D eigenvalue weighted by Gasteiger charge is -2.25. The van der Waals surface area contributed by atoms with Gasteiger partial charge in [-0.2, -0.15) is 0 Å². The number of likely N-dealkylation sites (N-methyl/N-ethyl adjacent to an activating group) is 1. The van der Waals surface area contributed by atoms with Crippen LogP contribution in [0.2, 0.25) is 0 Å². The molecule has 1 heterocycles. The van der Waals surface area contributed by atoms with Crippen LogP contribution in [0.15, 0.2) is 12.2 Å². The Morgan fingerprint density at radius 3 is 2.89 bits per heavy atom. The molecule has 0 aromatic rings. The third kappa shape index (κ3) is 1.12. The maximum atomic E-state index is 10.8. The molecular weight excluding hydrogens is 114 g/mol. The van der Waals surface area contributed by atoms with E-state index in [1.54, 1.807) is 11.0 Å². The van der Waals surface area contributed by atoms with Gasteiger partial charge in [0, 0.05) is 13.1 Å². The van der Waals surface area contributed by atoms with E-state index in [1.165, 1.54) is 0 Å². The smallest absolute Gasteiger partial charge is 0.246 e. The van der Waals surface area contributed by atoms with Crippen molar-refractivity contribution in [1.82, 2.24) is 4.90 Å². The Morgan fingerprint density at radius 2 is 2.44 bits per heavy atom. The quantitative estimate of drug-likeness (QED) is 0.468. The Labute approximate surface area is 55.2 Å². The number of rotatable bonds is 0. The summed E-state index contributed by atoms with van der Waals surface area (Å²) in [6.45, 7) is 2.04. The van der Waals surface area contributed by atoms with Gasteiger partial charge in [0.2, 0.25) is 5.91 Å². The first-order valence-electron chi connectivity index (χ1n) is 3.15. The van der Waals surface area contributed by atoms with Crippen LogP contribution in [-0.2, 0) is 4.79 Å². The minimum Gasteiger partial charge on any atom is -0.339 e. The van der Waals surface area contributed by atoms with E-state index < -0.39 is 0 Å².